The Morgan fingerprint density at radius 3 is 2.60 bits per heavy atom. The average molecular weight is 408 g/mol. The molecule has 4 aromatic rings. The Hall–Kier alpha value is -3.81. The van der Waals surface area contributed by atoms with Crippen molar-refractivity contribution in [3.05, 3.63) is 105 Å². The number of halogens is 2. The van der Waals surface area contributed by atoms with E-state index in [4.69, 9.17) is 0 Å². The molecule has 0 saturated heterocycles. The number of rotatable bonds is 5. The molecule has 3 heterocycles. The number of aromatic nitrogens is 3. The van der Waals surface area contributed by atoms with Crippen LogP contribution in [0.3, 0.4) is 0 Å². The first kappa shape index (κ1) is 19.5. The number of hydrogen-bond donors (Lipinski definition) is 2. The molecular weight excluding hydrogens is 390 g/mol. The maximum absolute atomic E-state index is 13.5. The molecule has 1 amide bonds. The van der Waals surface area contributed by atoms with Crippen molar-refractivity contribution < 1.29 is 13.6 Å². The van der Waals surface area contributed by atoms with Crippen molar-refractivity contribution in [3.63, 3.8) is 0 Å². The van der Waals surface area contributed by atoms with Gasteiger partial charge in [-0.3, -0.25) is 19.0 Å². The first-order chi connectivity index (χ1) is 14.4. The number of nitrogens with one attached hydrogen (secondary N) is 2. The van der Waals surface area contributed by atoms with Gasteiger partial charge in [0.1, 0.15) is 11.3 Å². The van der Waals surface area contributed by atoms with Crippen LogP contribution in [0, 0.1) is 18.6 Å². The van der Waals surface area contributed by atoms with Crippen molar-refractivity contribution >= 4 is 11.6 Å². The van der Waals surface area contributed by atoms with Crippen LogP contribution in [-0.2, 0) is 13.0 Å². The molecule has 2 N–H and O–H groups in total. The molecule has 0 bridgehead atoms. The van der Waals surface area contributed by atoms with Crippen LogP contribution in [0.2, 0.25) is 0 Å². The van der Waals surface area contributed by atoms with Crippen LogP contribution < -0.4 is 10.9 Å². The molecule has 0 saturated carbocycles. The van der Waals surface area contributed by atoms with Gasteiger partial charge in [-0.2, -0.15) is 0 Å². The number of carbonyl (C=O) groups excluding carboxylic acids is 1. The monoisotopic (exact) mass is 408 g/mol. The predicted octanol–water partition coefficient (Wildman–Crippen LogP) is 3.13. The topological polar surface area (TPSA) is 79.3 Å². The lowest BCUT2D eigenvalue weighted by atomic mass is 10.0. The number of carbonyl (C=O) groups is 1. The van der Waals surface area contributed by atoms with Crippen molar-refractivity contribution in [2.24, 2.45) is 0 Å². The smallest absolute Gasteiger partial charge is 0.269 e. The molecule has 0 spiro atoms. The third kappa shape index (κ3) is 3.84. The molecule has 6 nitrogen and oxygen atoms in total. The zero-order valence-corrected chi connectivity index (χ0v) is 16.1. The van der Waals surface area contributed by atoms with Crippen LogP contribution in [0.5, 0.6) is 0 Å². The Balaban J connectivity index is 1.61. The second-order valence-electron chi connectivity index (χ2n) is 7.01. The zero-order valence-electron chi connectivity index (χ0n) is 16.1. The van der Waals surface area contributed by atoms with Gasteiger partial charge in [0.2, 0.25) is 0 Å². The van der Waals surface area contributed by atoms with Crippen molar-refractivity contribution in [2.75, 3.05) is 0 Å². The molecule has 0 unspecified atom stereocenters. The molecule has 3 aromatic heterocycles. The standard InChI is InChI=1S/C22H18F2N4O2/c1-13-8-16(9-15-2-3-17(23)18(24)10-15)22(30)28-12-19(27-20(13)28)21(29)26-11-14-4-6-25-7-5-14/h2-8,10,12,27H,9,11H2,1H3,(H,26,29). The molecule has 30 heavy (non-hydrogen) atoms. The summed E-state index contributed by atoms with van der Waals surface area (Å²) in [6.45, 7) is 2.13. The largest absolute Gasteiger partial charge is 0.347 e. The molecule has 0 aliphatic rings. The van der Waals surface area contributed by atoms with Crippen LogP contribution in [0.1, 0.15) is 32.7 Å². The van der Waals surface area contributed by atoms with Gasteiger partial charge in [0.25, 0.3) is 11.5 Å². The first-order valence-electron chi connectivity index (χ1n) is 9.27. The van der Waals surface area contributed by atoms with Gasteiger partial charge in [-0.25, -0.2) is 8.78 Å². The second kappa shape index (κ2) is 7.90. The highest BCUT2D eigenvalue weighted by atomic mass is 19.2. The number of nitrogens with zero attached hydrogens (tertiary/aromatic N) is 2. The lowest BCUT2D eigenvalue weighted by Gasteiger charge is -2.05. The van der Waals surface area contributed by atoms with Crippen molar-refractivity contribution in [1.82, 2.24) is 19.7 Å². The molecule has 0 aliphatic carbocycles. The van der Waals surface area contributed by atoms with Crippen molar-refractivity contribution in [1.29, 1.82) is 0 Å². The number of H-pyrrole nitrogens is 1. The summed E-state index contributed by atoms with van der Waals surface area (Å²) in [5.74, 6) is -2.24. The third-order valence-corrected chi connectivity index (χ3v) is 4.84. The molecule has 0 aliphatic heterocycles. The summed E-state index contributed by atoms with van der Waals surface area (Å²) in [5.41, 5.74) is 2.97. The van der Waals surface area contributed by atoms with E-state index in [0.29, 0.717) is 23.3 Å². The fourth-order valence-corrected chi connectivity index (χ4v) is 3.30. The van der Waals surface area contributed by atoms with Gasteiger partial charge < -0.3 is 10.3 Å². The molecule has 8 heteroatoms. The molecule has 1 aromatic carbocycles. The third-order valence-electron chi connectivity index (χ3n) is 4.84. The number of benzene rings is 1. The molecule has 0 fully saturated rings. The van der Waals surface area contributed by atoms with Gasteiger partial charge in [0, 0.05) is 37.1 Å². The summed E-state index contributed by atoms with van der Waals surface area (Å²) in [5, 5.41) is 2.79. The Morgan fingerprint density at radius 2 is 1.87 bits per heavy atom. The van der Waals surface area contributed by atoms with Gasteiger partial charge in [-0.05, 0) is 53.9 Å². The van der Waals surface area contributed by atoms with Gasteiger partial charge in [-0.15, -0.1) is 0 Å². The zero-order chi connectivity index (χ0) is 21.3. The molecule has 152 valence electrons. The van der Waals surface area contributed by atoms with E-state index in [-0.39, 0.29) is 23.6 Å². The van der Waals surface area contributed by atoms with Crippen LogP contribution in [0.25, 0.3) is 5.65 Å². The fourth-order valence-electron chi connectivity index (χ4n) is 3.30. The maximum atomic E-state index is 13.5. The number of aryl methyl sites for hydroxylation is 1. The Morgan fingerprint density at radius 1 is 1.10 bits per heavy atom. The highest BCUT2D eigenvalue weighted by Gasteiger charge is 2.15. The van der Waals surface area contributed by atoms with E-state index in [1.807, 2.05) is 0 Å². The maximum Gasteiger partial charge on any atom is 0.269 e. The summed E-state index contributed by atoms with van der Waals surface area (Å²) >= 11 is 0. The van der Waals surface area contributed by atoms with E-state index in [2.05, 4.69) is 15.3 Å². The van der Waals surface area contributed by atoms with Crippen molar-refractivity contribution in [3.8, 4) is 0 Å². The van der Waals surface area contributed by atoms with E-state index in [1.165, 1.54) is 16.7 Å². The number of fused-ring (bicyclic) bond motifs is 1. The summed E-state index contributed by atoms with van der Waals surface area (Å²) in [7, 11) is 0. The number of hydrogen-bond acceptors (Lipinski definition) is 3. The van der Waals surface area contributed by atoms with Crippen LogP contribution >= 0.6 is 0 Å². The van der Waals surface area contributed by atoms with Gasteiger partial charge >= 0.3 is 0 Å². The number of pyridine rings is 2. The Bertz CT molecular complexity index is 1300. The van der Waals surface area contributed by atoms with E-state index < -0.39 is 11.6 Å². The normalized spacial score (nSPS) is 11.0. The van der Waals surface area contributed by atoms with Gasteiger partial charge in [0.15, 0.2) is 11.6 Å². The summed E-state index contributed by atoms with van der Waals surface area (Å²) in [6.07, 6.45) is 4.87. The van der Waals surface area contributed by atoms with Crippen LogP contribution in [-0.4, -0.2) is 20.3 Å². The van der Waals surface area contributed by atoms with E-state index in [0.717, 1.165) is 23.3 Å². The molecule has 0 atom stereocenters. The van der Waals surface area contributed by atoms with E-state index in [9.17, 15) is 18.4 Å². The Kier molecular flexibility index (Phi) is 5.14. The summed E-state index contributed by atoms with van der Waals surface area (Å²) in [6, 6.07) is 8.84. The minimum Gasteiger partial charge on any atom is -0.347 e. The number of amides is 1. The lowest BCUT2D eigenvalue weighted by molar-refractivity contribution is 0.0946. The fraction of sp³-hybridized carbons (Fsp3) is 0.136. The summed E-state index contributed by atoms with van der Waals surface area (Å²) in [4.78, 5) is 32.3. The average Bonchev–Trinajstić information content (AvgIpc) is 3.20. The van der Waals surface area contributed by atoms with Gasteiger partial charge in [0.05, 0.1) is 0 Å². The van der Waals surface area contributed by atoms with Crippen LogP contribution in [0.4, 0.5) is 8.78 Å². The minimum atomic E-state index is -0.958. The molecular formula is C22H18F2N4O2. The first-order valence-corrected chi connectivity index (χ1v) is 9.27. The minimum absolute atomic E-state index is 0.147. The SMILES string of the molecule is Cc1cc(Cc2ccc(F)c(F)c2)c(=O)n2cc(C(=O)NCc3ccncc3)[nH]c12. The summed E-state index contributed by atoms with van der Waals surface area (Å²) < 4.78 is 28.0. The van der Waals surface area contributed by atoms with Crippen molar-refractivity contribution in [2.45, 2.75) is 19.9 Å². The predicted molar refractivity (Wildman–Crippen MR) is 107 cm³/mol. The molecule has 0 radical (unpaired) electrons. The highest BCUT2D eigenvalue weighted by molar-refractivity contribution is 5.92. The Labute approximate surface area is 170 Å². The quantitative estimate of drug-likeness (QED) is 0.533. The second-order valence-corrected chi connectivity index (χ2v) is 7.01. The molecule has 4 rings (SSSR count). The number of aromatic amines is 1. The highest BCUT2D eigenvalue weighted by Crippen LogP contribution is 2.15. The van der Waals surface area contributed by atoms with E-state index in [1.54, 1.807) is 37.5 Å². The van der Waals surface area contributed by atoms with Gasteiger partial charge in [-0.1, -0.05) is 6.07 Å². The lowest BCUT2D eigenvalue weighted by Crippen LogP contribution is -2.23. The van der Waals surface area contributed by atoms with E-state index >= 15 is 0 Å². The number of imidazole rings is 1. The van der Waals surface area contributed by atoms with Crippen LogP contribution in [0.15, 0.2) is 59.8 Å².